The van der Waals surface area contributed by atoms with E-state index in [-0.39, 0.29) is 28.6 Å². The van der Waals surface area contributed by atoms with Crippen molar-refractivity contribution in [2.24, 2.45) is 5.92 Å². The summed E-state index contributed by atoms with van der Waals surface area (Å²) >= 11 is 0. The number of carbonyl (C=O) groups is 1. The van der Waals surface area contributed by atoms with Gasteiger partial charge in [0.2, 0.25) is 0 Å². The number of benzene rings is 2. The summed E-state index contributed by atoms with van der Waals surface area (Å²) in [6, 6.07) is 7.73. The Kier molecular flexibility index (Phi) is 7.46. The number of nitrogens with zero attached hydrogens (tertiary/aromatic N) is 3. The van der Waals surface area contributed by atoms with Gasteiger partial charge in [-0.15, -0.1) is 0 Å². The van der Waals surface area contributed by atoms with Crippen molar-refractivity contribution < 1.29 is 26.7 Å². The van der Waals surface area contributed by atoms with Crippen LogP contribution >= 0.6 is 0 Å². The molecule has 3 aromatic rings. The molecule has 0 aliphatic carbocycles. The van der Waals surface area contributed by atoms with Gasteiger partial charge < -0.3 is 20.9 Å². The van der Waals surface area contributed by atoms with E-state index in [1.807, 2.05) is 11.8 Å². The first-order valence-corrected chi connectivity index (χ1v) is 11.6. The fourth-order valence-electron chi connectivity index (χ4n) is 4.25. The molecule has 0 radical (unpaired) electrons. The number of hydrogen-bond donors (Lipinski definition) is 3. The van der Waals surface area contributed by atoms with Gasteiger partial charge in [-0.3, -0.25) is 9.59 Å². The number of anilines is 3. The summed E-state index contributed by atoms with van der Waals surface area (Å²) in [5.74, 6) is -2.68. The minimum atomic E-state index is -4.49. The Bertz CT molecular complexity index is 1420. The third-order valence-electron chi connectivity index (χ3n) is 6.01. The van der Waals surface area contributed by atoms with Gasteiger partial charge in [0.15, 0.2) is 11.6 Å². The highest BCUT2D eigenvalue weighted by molar-refractivity contribution is 6.08. The lowest BCUT2D eigenvalue weighted by Gasteiger charge is -2.26. The lowest BCUT2D eigenvalue weighted by molar-refractivity contribution is -0.115. The molecule has 1 aromatic heterocycles. The van der Waals surface area contributed by atoms with Gasteiger partial charge in [0, 0.05) is 36.6 Å². The van der Waals surface area contributed by atoms with Gasteiger partial charge in [-0.05, 0) is 42.7 Å². The highest BCUT2D eigenvalue weighted by Crippen LogP contribution is 2.38. The summed E-state index contributed by atoms with van der Waals surface area (Å²) < 4.78 is 67.5. The zero-order chi connectivity index (χ0) is 27.6. The van der Waals surface area contributed by atoms with Crippen molar-refractivity contribution in [1.82, 2.24) is 9.78 Å². The van der Waals surface area contributed by atoms with Crippen LogP contribution in [0.25, 0.3) is 5.69 Å². The Labute approximate surface area is 213 Å². The van der Waals surface area contributed by atoms with E-state index in [0.29, 0.717) is 23.5 Å². The second-order valence-corrected chi connectivity index (χ2v) is 8.87. The lowest BCUT2D eigenvalue weighted by atomic mass is 10.1. The second kappa shape index (κ2) is 10.6. The van der Waals surface area contributed by atoms with E-state index in [1.54, 1.807) is 0 Å². The average molecular weight is 534 g/mol. The predicted molar refractivity (Wildman–Crippen MR) is 133 cm³/mol. The molecule has 13 heteroatoms. The molecule has 2 heterocycles. The Morgan fingerprint density at radius 1 is 1.11 bits per heavy atom. The normalized spacial score (nSPS) is 15.4. The molecule has 1 aliphatic rings. The van der Waals surface area contributed by atoms with E-state index in [9.17, 15) is 31.5 Å². The van der Waals surface area contributed by atoms with Crippen molar-refractivity contribution in [3.63, 3.8) is 0 Å². The molecule has 0 saturated carbocycles. The summed E-state index contributed by atoms with van der Waals surface area (Å²) in [5.41, 5.74) is -1.22. The highest BCUT2D eigenvalue weighted by atomic mass is 19.4. The van der Waals surface area contributed by atoms with Gasteiger partial charge in [0.25, 0.3) is 11.5 Å². The van der Waals surface area contributed by atoms with E-state index in [4.69, 9.17) is 5.41 Å². The molecule has 0 spiro atoms. The Morgan fingerprint density at radius 3 is 2.39 bits per heavy atom. The lowest BCUT2D eigenvalue weighted by Crippen LogP contribution is -2.28. The molecule has 1 amide bonds. The van der Waals surface area contributed by atoms with E-state index in [2.05, 4.69) is 15.7 Å². The molecule has 4 rings (SSSR count). The van der Waals surface area contributed by atoms with Crippen LogP contribution in [-0.4, -0.2) is 47.7 Å². The maximum absolute atomic E-state index is 14.3. The van der Waals surface area contributed by atoms with Crippen LogP contribution in [0.3, 0.4) is 0 Å². The quantitative estimate of drug-likeness (QED) is 0.304. The van der Waals surface area contributed by atoms with Gasteiger partial charge in [0.05, 0.1) is 11.4 Å². The summed E-state index contributed by atoms with van der Waals surface area (Å²) in [7, 11) is 0. The first-order valence-electron chi connectivity index (χ1n) is 11.6. The molecule has 1 saturated heterocycles. The molecule has 0 bridgehead atoms. The van der Waals surface area contributed by atoms with Crippen LogP contribution in [0.5, 0.6) is 0 Å². The fourth-order valence-corrected chi connectivity index (χ4v) is 4.25. The molecule has 38 heavy (non-hydrogen) atoms. The SMILES string of the molecule is C[C@H]1CCN(c2c(NC(=O)c3ccc(=O)n(-c4c(F)cccc4F)n3)ccc(NCC(F)(F)F)c2C=N)C1. The number of halogens is 5. The van der Waals surface area contributed by atoms with E-state index in [1.165, 1.54) is 12.1 Å². The van der Waals surface area contributed by atoms with E-state index < -0.39 is 41.5 Å². The van der Waals surface area contributed by atoms with Crippen LogP contribution in [0, 0.1) is 23.0 Å². The molecule has 3 N–H and O–H groups in total. The minimum absolute atomic E-state index is 0.0616. The van der Waals surface area contributed by atoms with Crippen molar-refractivity contribution in [3.05, 3.63) is 75.7 Å². The maximum atomic E-state index is 14.3. The second-order valence-electron chi connectivity index (χ2n) is 8.87. The van der Waals surface area contributed by atoms with Gasteiger partial charge >= 0.3 is 6.18 Å². The highest BCUT2D eigenvalue weighted by Gasteiger charge is 2.29. The maximum Gasteiger partial charge on any atom is 0.405 e. The summed E-state index contributed by atoms with van der Waals surface area (Å²) in [6.45, 7) is 1.78. The third-order valence-corrected chi connectivity index (χ3v) is 6.01. The molecule has 1 atom stereocenters. The van der Waals surface area contributed by atoms with Gasteiger partial charge in [-0.25, -0.2) is 8.78 Å². The van der Waals surface area contributed by atoms with E-state index in [0.717, 1.165) is 43.0 Å². The molecule has 0 unspecified atom stereocenters. The zero-order valence-corrected chi connectivity index (χ0v) is 20.1. The van der Waals surface area contributed by atoms with Crippen LogP contribution in [0.15, 0.2) is 47.3 Å². The number of aromatic nitrogens is 2. The van der Waals surface area contributed by atoms with Crippen LogP contribution < -0.4 is 21.1 Å². The summed E-state index contributed by atoms with van der Waals surface area (Å²) in [5, 5.41) is 16.6. The Hall–Kier alpha value is -4.29. The topological polar surface area (TPSA) is 103 Å². The summed E-state index contributed by atoms with van der Waals surface area (Å²) in [6.07, 6.45) is -2.78. The first-order chi connectivity index (χ1) is 18.0. The van der Waals surface area contributed by atoms with Crippen LogP contribution in [-0.2, 0) is 0 Å². The minimum Gasteiger partial charge on any atom is -0.376 e. The van der Waals surface area contributed by atoms with Crippen LogP contribution in [0.1, 0.15) is 29.4 Å². The summed E-state index contributed by atoms with van der Waals surface area (Å²) in [4.78, 5) is 27.3. The Morgan fingerprint density at radius 2 is 1.79 bits per heavy atom. The molecule has 200 valence electrons. The van der Waals surface area contributed by atoms with Crippen LogP contribution in [0.4, 0.5) is 39.0 Å². The van der Waals surface area contributed by atoms with Gasteiger partial charge in [-0.1, -0.05) is 13.0 Å². The standard InChI is InChI=1S/C25H23F5N6O2/c1-14-9-10-35(12-14)22-15(11-31)18(32-13-25(28,29)30)5-6-19(22)33-24(38)20-7-8-21(37)36(34-20)23-16(26)3-2-4-17(23)27/h2-8,11,14,31-32H,9-10,12-13H2,1H3,(H,33,38)/t14-/m0/s1. The zero-order valence-electron chi connectivity index (χ0n) is 20.1. The van der Waals surface area contributed by atoms with Crippen molar-refractivity contribution >= 4 is 29.2 Å². The Balaban J connectivity index is 1.73. The van der Waals surface area contributed by atoms with Crippen molar-refractivity contribution in [3.8, 4) is 5.69 Å². The third kappa shape index (κ3) is 5.66. The number of nitrogens with one attached hydrogen (secondary N) is 3. The fraction of sp³-hybridized carbons (Fsp3) is 0.280. The van der Waals surface area contributed by atoms with Crippen molar-refractivity contribution in [2.75, 3.05) is 35.2 Å². The van der Waals surface area contributed by atoms with Crippen molar-refractivity contribution in [2.45, 2.75) is 19.5 Å². The number of amides is 1. The monoisotopic (exact) mass is 534 g/mol. The van der Waals surface area contributed by atoms with Crippen LogP contribution in [0.2, 0.25) is 0 Å². The molecule has 1 fully saturated rings. The smallest absolute Gasteiger partial charge is 0.376 e. The number of para-hydroxylation sites is 1. The predicted octanol–water partition coefficient (Wildman–Crippen LogP) is 4.58. The van der Waals surface area contributed by atoms with Crippen molar-refractivity contribution in [1.29, 1.82) is 5.41 Å². The van der Waals surface area contributed by atoms with E-state index >= 15 is 0 Å². The molecule has 2 aromatic carbocycles. The van der Waals surface area contributed by atoms with Gasteiger partial charge in [0.1, 0.15) is 17.9 Å². The average Bonchev–Trinajstić information content (AvgIpc) is 3.28. The number of carbonyl (C=O) groups excluding carboxylic acids is 1. The van der Waals surface area contributed by atoms with Gasteiger partial charge in [-0.2, -0.15) is 23.0 Å². The molecule has 1 aliphatic heterocycles. The number of rotatable bonds is 7. The number of alkyl halides is 3. The number of hydrogen-bond acceptors (Lipinski definition) is 6. The molecular weight excluding hydrogens is 511 g/mol. The largest absolute Gasteiger partial charge is 0.405 e. The molecule has 8 nitrogen and oxygen atoms in total. The molecular formula is C25H23F5N6O2. The first kappa shape index (κ1) is 26.8.